The molecule has 5 N–H and O–H groups in total. The Balaban J connectivity index is 2.00. The first-order valence-electron chi connectivity index (χ1n) is 6.57. The average molecular weight is 269 g/mol. The molecule has 1 atom stereocenters. The molecule has 4 heteroatoms. The van der Waals surface area contributed by atoms with Crippen molar-refractivity contribution >= 4 is 11.6 Å². The number of benzene rings is 2. The second-order valence-electron chi connectivity index (χ2n) is 4.72. The molecule has 4 nitrogen and oxygen atoms in total. The number of nitrogen functional groups attached to an aromatic ring is 1. The smallest absolute Gasteiger partial charge is 0.234 e. The third-order valence-corrected chi connectivity index (χ3v) is 3.22. The third kappa shape index (κ3) is 3.83. The first kappa shape index (κ1) is 14.1. The summed E-state index contributed by atoms with van der Waals surface area (Å²) in [6, 6.07) is 17.0. The van der Waals surface area contributed by atoms with E-state index in [1.807, 2.05) is 54.6 Å². The predicted molar refractivity (Wildman–Crippen MR) is 80.8 cm³/mol. The molecule has 2 aromatic rings. The van der Waals surface area contributed by atoms with Crippen molar-refractivity contribution in [2.45, 2.75) is 19.0 Å². The number of nitrogens with two attached hydrogens (primary N) is 2. The number of carbonyl (C=O) groups excluding carboxylic acids is 1. The molecule has 0 bridgehead atoms. The van der Waals surface area contributed by atoms with E-state index in [0.29, 0.717) is 18.7 Å². The van der Waals surface area contributed by atoms with Crippen LogP contribution < -0.4 is 16.8 Å². The first-order chi connectivity index (χ1) is 9.66. The van der Waals surface area contributed by atoms with Crippen molar-refractivity contribution < 1.29 is 4.79 Å². The first-order valence-corrected chi connectivity index (χ1v) is 6.57. The molecule has 0 saturated carbocycles. The van der Waals surface area contributed by atoms with Crippen molar-refractivity contribution in [3.63, 3.8) is 0 Å². The van der Waals surface area contributed by atoms with Crippen LogP contribution in [0.4, 0.5) is 5.69 Å². The zero-order valence-corrected chi connectivity index (χ0v) is 11.3. The third-order valence-electron chi connectivity index (χ3n) is 3.22. The highest BCUT2D eigenvalue weighted by molar-refractivity contribution is 5.80. The molecule has 0 radical (unpaired) electrons. The molecule has 20 heavy (non-hydrogen) atoms. The van der Waals surface area contributed by atoms with Gasteiger partial charge in [-0.3, -0.25) is 4.79 Å². The number of amides is 1. The Labute approximate surface area is 118 Å². The number of hydrogen-bond donors (Lipinski definition) is 3. The van der Waals surface area contributed by atoms with Gasteiger partial charge in [-0.2, -0.15) is 0 Å². The summed E-state index contributed by atoms with van der Waals surface area (Å²) in [5.41, 5.74) is 14.1. The van der Waals surface area contributed by atoms with Crippen molar-refractivity contribution in [3.05, 3.63) is 65.7 Å². The van der Waals surface area contributed by atoms with Gasteiger partial charge in [-0.1, -0.05) is 48.5 Å². The number of carbonyl (C=O) groups is 1. The molecule has 1 unspecified atom stereocenters. The lowest BCUT2D eigenvalue weighted by atomic mass is 10.0. The van der Waals surface area contributed by atoms with Crippen LogP contribution in [0.2, 0.25) is 0 Å². The van der Waals surface area contributed by atoms with E-state index in [1.165, 1.54) is 0 Å². The lowest BCUT2D eigenvalue weighted by Crippen LogP contribution is -2.42. The highest BCUT2D eigenvalue weighted by atomic mass is 16.1. The van der Waals surface area contributed by atoms with Gasteiger partial charge < -0.3 is 16.8 Å². The van der Waals surface area contributed by atoms with E-state index >= 15 is 0 Å². The van der Waals surface area contributed by atoms with E-state index in [1.54, 1.807) is 0 Å². The topological polar surface area (TPSA) is 81.1 Å². The van der Waals surface area contributed by atoms with Gasteiger partial charge in [0.2, 0.25) is 5.91 Å². The molecule has 0 saturated heterocycles. The number of hydrogen-bond acceptors (Lipinski definition) is 3. The Morgan fingerprint density at radius 1 is 1.05 bits per heavy atom. The second-order valence-corrected chi connectivity index (χ2v) is 4.72. The van der Waals surface area contributed by atoms with Crippen molar-refractivity contribution in [3.8, 4) is 0 Å². The molecule has 1 amide bonds. The van der Waals surface area contributed by atoms with Crippen LogP contribution in [0.5, 0.6) is 0 Å². The molecule has 2 rings (SSSR count). The van der Waals surface area contributed by atoms with Crippen LogP contribution in [0.3, 0.4) is 0 Å². The largest absolute Gasteiger partial charge is 0.398 e. The number of anilines is 1. The van der Waals surface area contributed by atoms with E-state index in [2.05, 4.69) is 5.32 Å². The molecule has 104 valence electrons. The number of nitrogens with one attached hydrogen (secondary N) is 1. The van der Waals surface area contributed by atoms with Gasteiger partial charge in [0.05, 0.1) is 6.04 Å². The molecule has 2 aromatic carbocycles. The van der Waals surface area contributed by atoms with Gasteiger partial charge in [0.25, 0.3) is 0 Å². The summed E-state index contributed by atoms with van der Waals surface area (Å²) in [6.45, 7) is 0.521. The number of para-hydroxylation sites is 1. The summed E-state index contributed by atoms with van der Waals surface area (Å²) in [7, 11) is 0. The summed E-state index contributed by atoms with van der Waals surface area (Å²) in [5.74, 6) is -0.358. The van der Waals surface area contributed by atoms with Crippen LogP contribution in [-0.4, -0.2) is 11.9 Å². The van der Waals surface area contributed by atoms with E-state index in [0.717, 1.165) is 11.1 Å². The molecule has 0 fully saturated rings. The minimum Gasteiger partial charge on any atom is -0.398 e. The summed E-state index contributed by atoms with van der Waals surface area (Å²) < 4.78 is 0. The van der Waals surface area contributed by atoms with Gasteiger partial charge in [0, 0.05) is 12.2 Å². The Morgan fingerprint density at radius 3 is 2.35 bits per heavy atom. The molecule has 0 spiro atoms. The van der Waals surface area contributed by atoms with Crippen LogP contribution in [0.25, 0.3) is 0 Å². The molecule has 0 aromatic heterocycles. The fraction of sp³-hybridized carbons (Fsp3) is 0.188. The lowest BCUT2D eigenvalue weighted by molar-refractivity contribution is -0.120. The van der Waals surface area contributed by atoms with E-state index in [-0.39, 0.29) is 5.91 Å². The Bertz CT molecular complexity index is 569. The monoisotopic (exact) mass is 269 g/mol. The molecule has 0 aliphatic carbocycles. The molecule has 0 heterocycles. The van der Waals surface area contributed by atoms with Gasteiger partial charge >= 0.3 is 0 Å². The minimum absolute atomic E-state index is 0.358. The molecule has 0 aliphatic rings. The molecular weight excluding hydrogens is 250 g/mol. The van der Waals surface area contributed by atoms with Crippen LogP contribution in [0.1, 0.15) is 11.1 Å². The summed E-state index contributed by atoms with van der Waals surface area (Å²) in [5, 5.41) is 3.17. The van der Waals surface area contributed by atoms with Crippen molar-refractivity contribution in [1.29, 1.82) is 0 Å². The van der Waals surface area contributed by atoms with Crippen molar-refractivity contribution in [1.82, 2.24) is 5.32 Å². The fourth-order valence-corrected chi connectivity index (χ4v) is 2.05. The summed E-state index contributed by atoms with van der Waals surface area (Å²) in [6.07, 6.45) is 0.572. The van der Waals surface area contributed by atoms with Crippen LogP contribution in [-0.2, 0) is 17.8 Å². The minimum atomic E-state index is -0.406. The van der Waals surface area contributed by atoms with Crippen molar-refractivity contribution in [2.75, 3.05) is 5.73 Å². The maximum absolute atomic E-state index is 11.5. The fourth-order valence-electron chi connectivity index (χ4n) is 2.05. The van der Waals surface area contributed by atoms with Crippen LogP contribution >= 0.6 is 0 Å². The van der Waals surface area contributed by atoms with Crippen molar-refractivity contribution in [2.24, 2.45) is 5.73 Å². The van der Waals surface area contributed by atoms with E-state index < -0.39 is 6.04 Å². The van der Waals surface area contributed by atoms with Gasteiger partial charge in [-0.15, -0.1) is 0 Å². The highest BCUT2D eigenvalue weighted by Crippen LogP contribution is 2.11. The normalized spacial score (nSPS) is 12.0. The predicted octanol–water partition coefficient (Wildman–Crippen LogP) is 1.45. The second kappa shape index (κ2) is 6.73. The maximum Gasteiger partial charge on any atom is 0.234 e. The molecule has 0 aliphatic heterocycles. The zero-order chi connectivity index (χ0) is 14.4. The molecular formula is C16H19N3O. The average Bonchev–Trinajstić information content (AvgIpc) is 2.46. The Hall–Kier alpha value is -2.33. The highest BCUT2D eigenvalue weighted by Gasteiger charge is 2.15. The van der Waals surface area contributed by atoms with Gasteiger partial charge in [-0.25, -0.2) is 0 Å². The number of primary amides is 1. The SMILES string of the molecule is NC(=O)C(Cc1ccccc1)NCc1ccccc1N. The van der Waals surface area contributed by atoms with Gasteiger partial charge in [-0.05, 0) is 23.6 Å². The number of rotatable bonds is 6. The Kier molecular flexibility index (Phi) is 4.74. The summed E-state index contributed by atoms with van der Waals surface area (Å²) >= 11 is 0. The lowest BCUT2D eigenvalue weighted by Gasteiger charge is -2.16. The summed E-state index contributed by atoms with van der Waals surface area (Å²) in [4.78, 5) is 11.5. The Morgan fingerprint density at radius 2 is 1.70 bits per heavy atom. The quantitative estimate of drug-likeness (QED) is 0.694. The van der Waals surface area contributed by atoms with Gasteiger partial charge in [0.1, 0.15) is 0 Å². The van der Waals surface area contributed by atoms with E-state index in [4.69, 9.17) is 11.5 Å². The maximum atomic E-state index is 11.5. The van der Waals surface area contributed by atoms with Crippen LogP contribution in [0, 0.1) is 0 Å². The standard InChI is InChI=1S/C16H19N3O/c17-14-9-5-4-8-13(14)11-19-15(16(18)20)10-12-6-2-1-3-7-12/h1-9,15,19H,10-11,17H2,(H2,18,20). The van der Waals surface area contributed by atoms with E-state index in [9.17, 15) is 4.79 Å². The van der Waals surface area contributed by atoms with Crippen LogP contribution in [0.15, 0.2) is 54.6 Å². The van der Waals surface area contributed by atoms with Gasteiger partial charge in [0.15, 0.2) is 0 Å². The zero-order valence-electron chi connectivity index (χ0n) is 11.3.